The van der Waals surface area contributed by atoms with Gasteiger partial charge in [-0.05, 0) is 49.1 Å². The van der Waals surface area contributed by atoms with Crippen LogP contribution in [0.1, 0.15) is 29.5 Å². The van der Waals surface area contributed by atoms with Crippen molar-refractivity contribution in [3.05, 3.63) is 53.1 Å². The minimum Gasteiger partial charge on any atom is -0.491 e. The Balaban J connectivity index is 1.40. The van der Waals surface area contributed by atoms with E-state index in [1.165, 1.54) is 0 Å². The molecule has 1 amide bonds. The number of fused-ring (bicyclic) bond motifs is 1. The molecule has 2 aromatic rings. The molecule has 1 aliphatic rings. The molecule has 0 aromatic heterocycles. The van der Waals surface area contributed by atoms with E-state index < -0.39 is 0 Å². The fourth-order valence-corrected chi connectivity index (χ4v) is 3.08. The molecule has 2 aromatic carbocycles. The van der Waals surface area contributed by atoms with Crippen LogP contribution in [0.5, 0.6) is 17.2 Å². The topological polar surface area (TPSA) is 56.8 Å². The molecular formula is C22H27NO4. The number of nitrogens with one attached hydrogen (secondary N) is 1. The number of para-hydroxylation sites is 1. The monoisotopic (exact) mass is 369 g/mol. The minimum absolute atomic E-state index is 0.0206. The summed E-state index contributed by atoms with van der Waals surface area (Å²) in [5.41, 5.74) is 3.28. The van der Waals surface area contributed by atoms with Gasteiger partial charge in [0.25, 0.3) is 0 Å². The van der Waals surface area contributed by atoms with Crippen molar-refractivity contribution in [1.29, 1.82) is 0 Å². The van der Waals surface area contributed by atoms with Gasteiger partial charge in [0.15, 0.2) is 11.5 Å². The van der Waals surface area contributed by atoms with Crippen molar-refractivity contribution in [2.75, 3.05) is 26.4 Å². The molecule has 144 valence electrons. The first-order valence-electron chi connectivity index (χ1n) is 9.48. The predicted molar refractivity (Wildman–Crippen MR) is 105 cm³/mol. The van der Waals surface area contributed by atoms with Gasteiger partial charge >= 0.3 is 0 Å². The summed E-state index contributed by atoms with van der Waals surface area (Å²) in [7, 11) is 0. The highest BCUT2D eigenvalue weighted by molar-refractivity contribution is 5.76. The Labute approximate surface area is 160 Å². The summed E-state index contributed by atoms with van der Waals surface area (Å²) in [6.07, 6.45) is 1.99. The van der Waals surface area contributed by atoms with Gasteiger partial charge in [-0.1, -0.05) is 24.3 Å². The van der Waals surface area contributed by atoms with Crippen LogP contribution < -0.4 is 19.5 Å². The second-order valence-corrected chi connectivity index (χ2v) is 6.75. The number of aryl methyl sites for hydroxylation is 3. The van der Waals surface area contributed by atoms with Gasteiger partial charge in [0.05, 0.1) is 19.8 Å². The van der Waals surface area contributed by atoms with Crippen LogP contribution in [-0.4, -0.2) is 32.3 Å². The lowest BCUT2D eigenvalue weighted by molar-refractivity contribution is -0.121. The smallest absolute Gasteiger partial charge is 0.220 e. The van der Waals surface area contributed by atoms with Crippen molar-refractivity contribution in [3.63, 3.8) is 0 Å². The zero-order valence-corrected chi connectivity index (χ0v) is 16.0. The van der Waals surface area contributed by atoms with E-state index in [9.17, 15) is 4.79 Å². The molecule has 0 spiro atoms. The number of hydrogen-bond donors (Lipinski definition) is 1. The summed E-state index contributed by atoms with van der Waals surface area (Å²) in [5, 5.41) is 2.91. The molecule has 0 saturated carbocycles. The van der Waals surface area contributed by atoms with Crippen LogP contribution in [0, 0.1) is 13.8 Å². The predicted octanol–water partition coefficient (Wildman–Crippen LogP) is 3.59. The van der Waals surface area contributed by atoms with Gasteiger partial charge in [0.2, 0.25) is 5.91 Å². The average Bonchev–Trinajstić information content (AvgIpc) is 2.90. The maximum absolute atomic E-state index is 12.1. The fraction of sp³-hybridized carbons (Fsp3) is 0.409. The molecule has 0 radical (unpaired) electrons. The van der Waals surface area contributed by atoms with Crippen LogP contribution in [0.25, 0.3) is 0 Å². The van der Waals surface area contributed by atoms with Crippen LogP contribution in [0.2, 0.25) is 0 Å². The highest BCUT2D eigenvalue weighted by atomic mass is 16.5. The number of carbonyl (C=O) groups is 1. The molecule has 1 aliphatic heterocycles. The largest absolute Gasteiger partial charge is 0.491 e. The van der Waals surface area contributed by atoms with Crippen molar-refractivity contribution in [2.24, 2.45) is 0 Å². The van der Waals surface area contributed by atoms with Crippen molar-refractivity contribution in [1.82, 2.24) is 5.32 Å². The molecule has 0 fully saturated rings. The summed E-state index contributed by atoms with van der Waals surface area (Å²) in [5.74, 6) is 2.47. The number of ether oxygens (including phenoxy) is 3. The third-order valence-electron chi connectivity index (χ3n) is 4.53. The van der Waals surface area contributed by atoms with E-state index in [-0.39, 0.29) is 5.91 Å². The Bertz CT molecular complexity index is 768. The van der Waals surface area contributed by atoms with Crippen molar-refractivity contribution < 1.29 is 19.0 Å². The van der Waals surface area contributed by atoms with E-state index in [2.05, 4.69) is 5.32 Å². The lowest BCUT2D eigenvalue weighted by Crippen LogP contribution is -2.28. The zero-order chi connectivity index (χ0) is 19.1. The number of benzene rings is 2. The highest BCUT2D eigenvalue weighted by Crippen LogP contribution is 2.30. The van der Waals surface area contributed by atoms with Crippen LogP contribution in [0.3, 0.4) is 0 Å². The maximum Gasteiger partial charge on any atom is 0.220 e. The van der Waals surface area contributed by atoms with Crippen LogP contribution >= 0.6 is 0 Å². The van der Waals surface area contributed by atoms with Gasteiger partial charge < -0.3 is 19.5 Å². The Morgan fingerprint density at radius 3 is 2.59 bits per heavy atom. The molecule has 3 rings (SSSR count). The van der Waals surface area contributed by atoms with Crippen LogP contribution in [-0.2, 0) is 11.2 Å². The van der Waals surface area contributed by atoms with E-state index >= 15 is 0 Å². The van der Waals surface area contributed by atoms with Crippen molar-refractivity contribution >= 4 is 5.91 Å². The summed E-state index contributed by atoms with van der Waals surface area (Å²) in [6.45, 7) is 6.35. The minimum atomic E-state index is 0.0206. The standard InChI is InChI=1S/C22H27NO4/c1-16-5-3-6-17(2)22(16)27-14-11-23-21(24)10-8-18-7-9-19-20(15-18)26-13-4-12-25-19/h3,5-7,9,15H,4,8,10-14H2,1-2H3,(H,23,24). The van der Waals surface area contributed by atoms with Gasteiger partial charge in [-0.15, -0.1) is 0 Å². The molecule has 1 heterocycles. The normalized spacial score (nSPS) is 13.0. The second-order valence-electron chi connectivity index (χ2n) is 6.75. The van der Waals surface area contributed by atoms with Gasteiger partial charge in [0, 0.05) is 12.8 Å². The lowest BCUT2D eigenvalue weighted by atomic mass is 10.1. The van der Waals surface area contributed by atoms with E-state index in [4.69, 9.17) is 14.2 Å². The Morgan fingerprint density at radius 1 is 1.07 bits per heavy atom. The van der Waals surface area contributed by atoms with E-state index in [0.29, 0.717) is 39.2 Å². The van der Waals surface area contributed by atoms with E-state index in [1.54, 1.807) is 0 Å². The number of rotatable bonds is 7. The Hall–Kier alpha value is -2.69. The summed E-state index contributed by atoms with van der Waals surface area (Å²) >= 11 is 0. The summed E-state index contributed by atoms with van der Waals surface area (Å²) < 4.78 is 17.1. The number of hydrogen-bond acceptors (Lipinski definition) is 4. The Kier molecular flexibility index (Phi) is 6.58. The number of amides is 1. The van der Waals surface area contributed by atoms with Gasteiger partial charge in [-0.2, -0.15) is 0 Å². The maximum atomic E-state index is 12.1. The first-order chi connectivity index (χ1) is 13.1. The van der Waals surface area contributed by atoms with Crippen molar-refractivity contribution in [2.45, 2.75) is 33.1 Å². The fourth-order valence-electron chi connectivity index (χ4n) is 3.08. The summed E-state index contributed by atoms with van der Waals surface area (Å²) in [6, 6.07) is 11.9. The summed E-state index contributed by atoms with van der Waals surface area (Å²) in [4.78, 5) is 12.1. The van der Waals surface area contributed by atoms with Crippen molar-refractivity contribution in [3.8, 4) is 17.2 Å². The Morgan fingerprint density at radius 2 is 1.81 bits per heavy atom. The van der Waals surface area contributed by atoms with E-state index in [1.807, 2.05) is 50.2 Å². The molecule has 0 unspecified atom stereocenters. The first kappa shape index (κ1) is 19.1. The lowest BCUT2D eigenvalue weighted by Gasteiger charge is -2.12. The number of carbonyl (C=O) groups excluding carboxylic acids is 1. The van der Waals surface area contributed by atoms with Gasteiger partial charge in [0.1, 0.15) is 12.4 Å². The first-order valence-corrected chi connectivity index (χ1v) is 9.48. The SMILES string of the molecule is Cc1cccc(C)c1OCCNC(=O)CCc1ccc2c(c1)OCCCO2. The average molecular weight is 369 g/mol. The van der Waals surface area contributed by atoms with E-state index in [0.717, 1.165) is 40.4 Å². The second kappa shape index (κ2) is 9.31. The van der Waals surface area contributed by atoms with Gasteiger partial charge in [-0.3, -0.25) is 4.79 Å². The molecule has 0 saturated heterocycles. The zero-order valence-electron chi connectivity index (χ0n) is 16.0. The molecule has 0 atom stereocenters. The molecular weight excluding hydrogens is 342 g/mol. The third kappa shape index (κ3) is 5.39. The third-order valence-corrected chi connectivity index (χ3v) is 4.53. The highest BCUT2D eigenvalue weighted by Gasteiger charge is 2.11. The van der Waals surface area contributed by atoms with Crippen LogP contribution in [0.15, 0.2) is 36.4 Å². The van der Waals surface area contributed by atoms with Crippen LogP contribution in [0.4, 0.5) is 0 Å². The van der Waals surface area contributed by atoms with Gasteiger partial charge in [-0.25, -0.2) is 0 Å². The molecule has 5 heteroatoms. The quantitative estimate of drug-likeness (QED) is 0.758. The molecule has 5 nitrogen and oxygen atoms in total. The molecule has 0 bridgehead atoms. The molecule has 0 aliphatic carbocycles. The molecule has 27 heavy (non-hydrogen) atoms. The molecule has 1 N–H and O–H groups in total.